The van der Waals surface area contributed by atoms with E-state index >= 15 is 0 Å². The van der Waals surface area contributed by atoms with E-state index in [1.807, 2.05) is 34.6 Å². The molecule has 2 amide bonds. The summed E-state index contributed by atoms with van der Waals surface area (Å²) in [6.07, 6.45) is 0.788. The molecule has 0 aliphatic carbocycles. The summed E-state index contributed by atoms with van der Waals surface area (Å²) in [4.78, 5) is 23.9. The molecule has 1 aromatic rings. The Balaban J connectivity index is 2.81. The third-order valence-electron chi connectivity index (χ3n) is 2.94. The van der Waals surface area contributed by atoms with Crippen LogP contribution in [-0.2, 0) is 4.79 Å². The van der Waals surface area contributed by atoms with Crippen molar-refractivity contribution in [2.45, 2.75) is 46.6 Å². The van der Waals surface area contributed by atoms with Crippen LogP contribution in [0, 0.1) is 5.92 Å². The average molecular weight is 276 g/mol. The van der Waals surface area contributed by atoms with Crippen LogP contribution in [0.4, 0.5) is 5.69 Å². The van der Waals surface area contributed by atoms with Crippen molar-refractivity contribution in [3.63, 3.8) is 0 Å². The van der Waals surface area contributed by atoms with Crippen LogP contribution in [0.5, 0.6) is 0 Å². The van der Waals surface area contributed by atoms with Crippen LogP contribution in [0.2, 0.25) is 0 Å². The summed E-state index contributed by atoms with van der Waals surface area (Å²) in [7, 11) is 0. The van der Waals surface area contributed by atoms with Gasteiger partial charge in [0.15, 0.2) is 0 Å². The summed E-state index contributed by atoms with van der Waals surface area (Å²) in [5.74, 6) is -0.208. The van der Waals surface area contributed by atoms with E-state index in [4.69, 9.17) is 0 Å². The molecule has 1 atom stereocenters. The number of carbonyl (C=O) groups excluding carboxylic acids is 2. The Hall–Kier alpha value is -1.84. The first kappa shape index (κ1) is 16.2. The number of hydrogen-bond acceptors (Lipinski definition) is 2. The normalized spacial score (nSPS) is 12.7. The predicted molar refractivity (Wildman–Crippen MR) is 81.7 cm³/mol. The average Bonchev–Trinajstić information content (AvgIpc) is 2.36. The van der Waals surface area contributed by atoms with Crippen molar-refractivity contribution < 1.29 is 9.59 Å². The molecule has 1 unspecified atom stereocenters. The summed E-state index contributed by atoms with van der Waals surface area (Å²) < 4.78 is 0. The maximum Gasteiger partial charge on any atom is 0.251 e. The van der Waals surface area contributed by atoms with Crippen LogP contribution in [0.15, 0.2) is 24.3 Å². The summed E-state index contributed by atoms with van der Waals surface area (Å²) in [5, 5.41) is 5.73. The second kappa shape index (κ2) is 6.55. The minimum absolute atomic E-state index is 0.0270. The zero-order chi connectivity index (χ0) is 15.3. The van der Waals surface area contributed by atoms with Crippen molar-refractivity contribution >= 4 is 17.5 Å². The van der Waals surface area contributed by atoms with Crippen LogP contribution >= 0.6 is 0 Å². The lowest BCUT2D eigenvalue weighted by Crippen LogP contribution is -2.40. The summed E-state index contributed by atoms with van der Waals surface area (Å²) in [6.45, 7) is 9.64. The third kappa shape index (κ3) is 5.03. The SMILES string of the molecule is CCC(C)C(=O)Nc1cccc(C(=O)NC(C)(C)C)c1. The van der Waals surface area contributed by atoms with E-state index in [0.29, 0.717) is 11.3 Å². The summed E-state index contributed by atoms with van der Waals surface area (Å²) >= 11 is 0. The van der Waals surface area contributed by atoms with Gasteiger partial charge in [-0.3, -0.25) is 9.59 Å². The van der Waals surface area contributed by atoms with Gasteiger partial charge in [-0.15, -0.1) is 0 Å². The van der Waals surface area contributed by atoms with E-state index in [1.54, 1.807) is 24.3 Å². The van der Waals surface area contributed by atoms with Gasteiger partial charge in [0.25, 0.3) is 5.91 Å². The van der Waals surface area contributed by atoms with E-state index in [-0.39, 0.29) is 23.3 Å². The predicted octanol–water partition coefficient (Wildman–Crippen LogP) is 3.20. The van der Waals surface area contributed by atoms with Crippen LogP contribution in [-0.4, -0.2) is 17.4 Å². The van der Waals surface area contributed by atoms with Gasteiger partial charge in [-0.25, -0.2) is 0 Å². The highest BCUT2D eigenvalue weighted by molar-refractivity contribution is 5.97. The Morgan fingerprint density at radius 3 is 2.45 bits per heavy atom. The lowest BCUT2D eigenvalue weighted by molar-refractivity contribution is -0.119. The molecule has 2 N–H and O–H groups in total. The van der Waals surface area contributed by atoms with E-state index in [2.05, 4.69) is 10.6 Å². The highest BCUT2D eigenvalue weighted by Gasteiger charge is 2.16. The van der Waals surface area contributed by atoms with Crippen molar-refractivity contribution in [1.29, 1.82) is 0 Å². The first-order chi connectivity index (χ1) is 9.23. The van der Waals surface area contributed by atoms with Crippen molar-refractivity contribution in [2.75, 3.05) is 5.32 Å². The fourth-order valence-electron chi connectivity index (χ4n) is 1.60. The van der Waals surface area contributed by atoms with Gasteiger partial charge in [0.05, 0.1) is 0 Å². The van der Waals surface area contributed by atoms with Crippen LogP contribution < -0.4 is 10.6 Å². The topological polar surface area (TPSA) is 58.2 Å². The third-order valence-corrected chi connectivity index (χ3v) is 2.94. The number of rotatable bonds is 4. The molecule has 4 heteroatoms. The van der Waals surface area contributed by atoms with Gasteiger partial charge in [-0.05, 0) is 45.4 Å². The van der Waals surface area contributed by atoms with Gasteiger partial charge in [-0.2, -0.15) is 0 Å². The minimum atomic E-state index is -0.285. The van der Waals surface area contributed by atoms with E-state index in [9.17, 15) is 9.59 Å². The zero-order valence-corrected chi connectivity index (χ0v) is 12.9. The molecule has 1 aromatic carbocycles. The lowest BCUT2D eigenvalue weighted by Gasteiger charge is -2.20. The van der Waals surface area contributed by atoms with E-state index < -0.39 is 0 Å². The Bertz CT molecular complexity index is 489. The first-order valence-electron chi connectivity index (χ1n) is 6.96. The number of benzene rings is 1. The summed E-state index contributed by atoms with van der Waals surface area (Å²) in [6, 6.07) is 6.99. The lowest BCUT2D eigenvalue weighted by atomic mass is 10.1. The van der Waals surface area contributed by atoms with Crippen LogP contribution in [0.1, 0.15) is 51.4 Å². The minimum Gasteiger partial charge on any atom is -0.347 e. The molecule has 0 bridgehead atoms. The van der Waals surface area contributed by atoms with Gasteiger partial charge in [0.2, 0.25) is 5.91 Å². The Labute approximate surface area is 121 Å². The Kier molecular flexibility index (Phi) is 5.31. The molecule has 0 aromatic heterocycles. The molecule has 1 rings (SSSR count). The molecule has 0 fully saturated rings. The first-order valence-corrected chi connectivity index (χ1v) is 6.96. The highest BCUT2D eigenvalue weighted by Crippen LogP contribution is 2.14. The van der Waals surface area contributed by atoms with Gasteiger partial charge >= 0.3 is 0 Å². The highest BCUT2D eigenvalue weighted by atomic mass is 16.2. The second-order valence-electron chi connectivity index (χ2n) is 6.08. The van der Waals surface area contributed by atoms with Crippen molar-refractivity contribution in [1.82, 2.24) is 5.32 Å². The monoisotopic (exact) mass is 276 g/mol. The fraction of sp³-hybridized carbons (Fsp3) is 0.500. The van der Waals surface area contributed by atoms with Crippen molar-refractivity contribution in [2.24, 2.45) is 5.92 Å². The number of amides is 2. The molecule has 110 valence electrons. The molecule has 0 heterocycles. The maximum absolute atomic E-state index is 12.1. The fourth-order valence-corrected chi connectivity index (χ4v) is 1.60. The van der Waals surface area contributed by atoms with Crippen molar-refractivity contribution in [3.05, 3.63) is 29.8 Å². The molecule has 0 aliphatic heterocycles. The second-order valence-corrected chi connectivity index (χ2v) is 6.08. The molecule has 0 radical (unpaired) electrons. The molecular weight excluding hydrogens is 252 g/mol. The smallest absolute Gasteiger partial charge is 0.251 e. The van der Waals surface area contributed by atoms with Gasteiger partial charge in [0.1, 0.15) is 0 Å². The van der Waals surface area contributed by atoms with Crippen LogP contribution in [0.3, 0.4) is 0 Å². The van der Waals surface area contributed by atoms with E-state index in [1.165, 1.54) is 0 Å². The number of carbonyl (C=O) groups is 2. The largest absolute Gasteiger partial charge is 0.347 e. The molecule has 0 spiro atoms. The summed E-state index contributed by atoms with van der Waals surface area (Å²) in [5.41, 5.74) is 0.909. The molecule has 0 saturated heterocycles. The number of anilines is 1. The molecule has 0 saturated carbocycles. The Morgan fingerprint density at radius 1 is 1.25 bits per heavy atom. The number of hydrogen-bond donors (Lipinski definition) is 2. The Morgan fingerprint density at radius 2 is 1.90 bits per heavy atom. The quantitative estimate of drug-likeness (QED) is 0.887. The zero-order valence-electron chi connectivity index (χ0n) is 12.9. The van der Waals surface area contributed by atoms with Gasteiger partial charge in [-0.1, -0.05) is 19.9 Å². The molecular formula is C16H24N2O2. The van der Waals surface area contributed by atoms with Crippen LogP contribution in [0.25, 0.3) is 0 Å². The molecule has 0 aliphatic rings. The van der Waals surface area contributed by atoms with Gasteiger partial charge in [0, 0.05) is 22.7 Å². The maximum atomic E-state index is 12.1. The number of nitrogens with one attached hydrogen (secondary N) is 2. The molecule has 4 nitrogen and oxygen atoms in total. The van der Waals surface area contributed by atoms with Gasteiger partial charge < -0.3 is 10.6 Å². The standard InChI is InChI=1S/C16H24N2O2/c1-6-11(2)14(19)17-13-9-7-8-12(10-13)15(20)18-16(3,4)5/h7-11H,6H2,1-5H3,(H,17,19)(H,18,20). The van der Waals surface area contributed by atoms with Crippen molar-refractivity contribution in [3.8, 4) is 0 Å². The van der Waals surface area contributed by atoms with E-state index in [0.717, 1.165) is 6.42 Å². The molecule has 20 heavy (non-hydrogen) atoms.